The minimum absolute atomic E-state index is 0.0255. The molecule has 0 aromatic carbocycles. The Kier molecular flexibility index (Phi) is 4.90. The number of alkyl halides is 7. The topological polar surface area (TPSA) is 20.2 Å². The van der Waals surface area contributed by atoms with Crippen molar-refractivity contribution in [3.05, 3.63) is 0 Å². The summed E-state index contributed by atoms with van der Waals surface area (Å²) in [6.07, 6.45) is -10.2. The Labute approximate surface area is 101 Å². The van der Waals surface area contributed by atoms with Crippen LogP contribution < -0.4 is 0 Å². The summed E-state index contributed by atoms with van der Waals surface area (Å²) in [4.78, 5) is 0. The molecule has 0 radical (unpaired) electrons. The highest BCUT2D eigenvalue weighted by molar-refractivity contribution is 6.76. The molecule has 0 rings (SSSR count). The van der Waals surface area contributed by atoms with Gasteiger partial charge in [0.05, 0.1) is 0 Å². The van der Waals surface area contributed by atoms with Gasteiger partial charge in [0.2, 0.25) is 0 Å². The van der Waals surface area contributed by atoms with E-state index >= 15 is 0 Å². The van der Waals surface area contributed by atoms with Gasteiger partial charge in [0.15, 0.2) is 0 Å². The summed E-state index contributed by atoms with van der Waals surface area (Å²) < 4.78 is 86.5. The van der Waals surface area contributed by atoms with E-state index in [1.165, 1.54) is 0 Å². The smallest absolute Gasteiger partial charge is 0.387 e. The van der Waals surface area contributed by atoms with Crippen LogP contribution in [0.4, 0.5) is 30.7 Å². The first-order valence-corrected chi connectivity index (χ1v) is 8.84. The monoisotopic (exact) mass is 300 g/mol. The first-order chi connectivity index (χ1) is 7.63. The maximum atomic E-state index is 13.0. The molecule has 0 aromatic heterocycles. The zero-order chi connectivity index (χ0) is 15.0. The van der Waals surface area contributed by atoms with Crippen molar-refractivity contribution in [1.29, 1.82) is 0 Å². The van der Waals surface area contributed by atoms with Crippen molar-refractivity contribution in [1.82, 2.24) is 0 Å². The van der Waals surface area contributed by atoms with Crippen LogP contribution in [0.3, 0.4) is 0 Å². The quantitative estimate of drug-likeness (QED) is 0.603. The van der Waals surface area contributed by atoms with Gasteiger partial charge in [-0.1, -0.05) is 25.7 Å². The molecule has 0 saturated heterocycles. The normalized spacial score (nSPS) is 16.8. The number of aliphatic hydroxyl groups excluding tert-OH is 1. The molecule has 0 amide bonds. The van der Waals surface area contributed by atoms with Crippen LogP contribution in [0.1, 0.15) is 6.42 Å². The van der Waals surface area contributed by atoms with Crippen molar-refractivity contribution in [2.75, 3.05) is 0 Å². The van der Waals surface area contributed by atoms with Crippen LogP contribution in [-0.4, -0.2) is 37.3 Å². The highest BCUT2D eigenvalue weighted by atomic mass is 28.3. The van der Waals surface area contributed by atoms with Crippen LogP contribution in [0.25, 0.3) is 0 Å². The van der Waals surface area contributed by atoms with E-state index in [1.807, 2.05) is 0 Å². The zero-order valence-corrected chi connectivity index (χ0v) is 11.1. The lowest BCUT2D eigenvalue weighted by Crippen LogP contribution is -2.57. The van der Waals surface area contributed by atoms with Gasteiger partial charge >= 0.3 is 18.0 Å². The highest BCUT2D eigenvalue weighted by Gasteiger charge is 2.75. The molecule has 0 heterocycles. The SMILES string of the molecule is C[Si](C)(C)CCC(O)C(F)(F)C(F)(F)C(F)(F)F. The minimum atomic E-state index is -6.39. The Morgan fingerprint density at radius 1 is 0.944 bits per heavy atom. The van der Waals surface area contributed by atoms with Crippen LogP contribution >= 0.6 is 0 Å². The number of halogens is 7. The van der Waals surface area contributed by atoms with E-state index in [9.17, 15) is 30.7 Å². The Balaban J connectivity index is 4.93. The summed E-state index contributed by atoms with van der Waals surface area (Å²) >= 11 is 0. The average Bonchev–Trinajstić information content (AvgIpc) is 2.10. The lowest BCUT2D eigenvalue weighted by Gasteiger charge is -2.32. The molecule has 1 atom stereocenters. The summed E-state index contributed by atoms with van der Waals surface area (Å²) in [6, 6.07) is 0.0255. The number of hydrogen-bond donors (Lipinski definition) is 1. The first-order valence-electron chi connectivity index (χ1n) is 5.13. The second kappa shape index (κ2) is 4.99. The fourth-order valence-electron chi connectivity index (χ4n) is 1.15. The largest absolute Gasteiger partial charge is 0.459 e. The fraction of sp³-hybridized carbons (Fsp3) is 1.00. The summed E-state index contributed by atoms with van der Waals surface area (Å²) in [5, 5.41) is 8.93. The molecular formula is C9H15F7OSi. The molecule has 18 heavy (non-hydrogen) atoms. The number of hydrogen-bond acceptors (Lipinski definition) is 1. The molecule has 1 N–H and O–H groups in total. The van der Waals surface area contributed by atoms with Gasteiger partial charge in [-0.05, 0) is 6.42 Å². The number of rotatable bonds is 5. The Hall–Kier alpha value is -0.313. The van der Waals surface area contributed by atoms with E-state index < -0.39 is 38.6 Å². The van der Waals surface area contributed by atoms with Gasteiger partial charge in [-0.3, -0.25) is 0 Å². The Morgan fingerprint density at radius 3 is 1.61 bits per heavy atom. The van der Waals surface area contributed by atoms with Crippen LogP contribution in [0.5, 0.6) is 0 Å². The van der Waals surface area contributed by atoms with E-state index in [1.54, 1.807) is 19.6 Å². The van der Waals surface area contributed by atoms with E-state index in [2.05, 4.69) is 0 Å². The van der Waals surface area contributed by atoms with Crippen LogP contribution in [0.15, 0.2) is 0 Å². The van der Waals surface area contributed by atoms with Crippen molar-refractivity contribution in [2.24, 2.45) is 0 Å². The summed E-state index contributed by atoms with van der Waals surface area (Å²) in [5.41, 5.74) is 0. The Bertz CT molecular complexity index is 282. The van der Waals surface area contributed by atoms with Crippen LogP contribution in [-0.2, 0) is 0 Å². The third-order valence-corrected chi connectivity index (χ3v) is 4.15. The maximum Gasteiger partial charge on any atom is 0.459 e. The van der Waals surface area contributed by atoms with E-state index in [4.69, 9.17) is 5.11 Å². The van der Waals surface area contributed by atoms with Crippen molar-refractivity contribution in [3.63, 3.8) is 0 Å². The van der Waals surface area contributed by atoms with E-state index in [0.717, 1.165) is 0 Å². The van der Waals surface area contributed by atoms with Gasteiger partial charge in [-0.2, -0.15) is 30.7 Å². The second-order valence-electron chi connectivity index (χ2n) is 5.31. The molecule has 9 heteroatoms. The lowest BCUT2D eigenvalue weighted by atomic mass is 10.0. The predicted molar refractivity (Wildman–Crippen MR) is 54.7 cm³/mol. The summed E-state index contributed by atoms with van der Waals surface area (Å²) in [6.45, 7) is 5.17. The molecular weight excluding hydrogens is 285 g/mol. The van der Waals surface area contributed by atoms with Crippen molar-refractivity contribution < 1.29 is 35.8 Å². The van der Waals surface area contributed by atoms with Gasteiger partial charge in [0, 0.05) is 8.07 Å². The molecule has 0 aliphatic carbocycles. The van der Waals surface area contributed by atoms with Gasteiger partial charge in [-0.15, -0.1) is 0 Å². The molecule has 0 aliphatic heterocycles. The molecule has 0 aliphatic rings. The fourth-order valence-corrected chi connectivity index (χ4v) is 2.29. The van der Waals surface area contributed by atoms with Crippen molar-refractivity contribution >= 4 is 8.07 Å². The molecule has 110 valence electrons. The molecule has 0 spiro atoms. The minimum Gasteiger partial charge on any atom is -0.387 e. The third kappa shape index (κ3) is 3.84. The van der Waals surface area contributed by atoms with Crippen LogP contribution in [0, 0.1) is 0 Å². The number of aliphatic hydroxyl groups is 1. The maximum absolute atomic E-state index is 13.0. The van der Waals surface area contributed by atoms with Gasteiger partial charge < -0.3 is 5.11 Å². The molecule has 1 nitrogen and oxygen atoms in total. The van der Waals surface area contributed by atoms with Crippen LogP contribution in [0.2, 0.25) is 25.7 Å². The summed E-state index contributed by atoms with van der Waals surface area (Å²) in [7, 11) is -1.92. The van der Waals surface area contributed by atoms with E-state index in [-0.39, 0.29) is 6.04 Å². The van der Waals surface area contributed by atoms with Gasteiger partial charge in [0.25, 0.3) is 0 Å². The van der Waals surface area contributed by atoms with Crippen molar-refractivity contribution in [2.45, 2.75) is 56.2 Å². The lowest BCUT2D eigenvalue weighted by molar-refractivity contribution is -0.370. The Morgan fingerprint density at radius 2 is 1.33 bits per heavy atom. The standard InChI is InChI=1S/C9H15F7OSi/c1-18(2,3)5-4-6(17)7(10,11)8(12,13)9(14,15)16/h6,17H,4-5H2,1-3H3. The average molecular weight is 300 g/mol. The van der Waals surface area contributed by atoms with E-state index in [0.29, 0.717) is 0 Å². The van der Waals surface area contributed by atoms with Gasteiger partial charge in [-0.25, -0.2) is 0 Å². The highest BCUT2D eigenvalue weighted by Crippen LogP contribution is 2.48. The molecule has 0 fully saturated rings. The predicted octanol–water partition coefficient (Wildman–Crippen LogP) is 3.91. The van der Waals surface area contributed by atoms with Gasteiger partial charge in [0.1, 0.15) is 6.10 Å². The molecule has 0 aromatic rings. The first kappa shape index (κ1) is 17.7. The zero-order valence-electron chi connectivity index (χ0n) is 10.1. The molecule has 0 bridgehead atoms. The second-order valence-corrected chi connectivity index (χ2v) is 10.9. The van der Waals surface area contributed by atoms with Crippen molar-refractivity contribution in [3.8, 4) is 0 Å². The molecule has 1 unspecified atom stereocenters. The summed E-state index contributed by atoms with van der Waals surface area (Å²) in [5.74, 6) is -11.8. The molecule has 0 saturated carbocycles. The third-order valence-electron chi connectivity index (χ3n) is 2.36.